The Kier molecular flexibility index (Phi) is 3.44. The van der Waals surface area contributed by atoms with Gasteiger partial charge in [-0.1, -0.05) is 11.6 Å². The Morgan fingerprint density at radius 3 is 3.05 bits per heavy atom. The maximum absolute atomic E-state index is 11.2. The second-order valence-electron chi connectivity index (χ2n) is 4.98. The zero-order chi connectivity index (χ0) is 14.1. The monoisotopic (exact) mass is 291 g/mol. The van der Waals surface area contributed by atoms with Crippen molar-refractivity contribution in [1.82, 2.24) is 9.97 Å². The molecule has 1 atom stereocenters. The molecule has 1 N–H and O–H groups in total. The zero-order valence-electron chi connectivity index (χ0n) is 10.8. The number of benzene rings is 1. The van der Waals surface area contributed by atoms with Crippen LogP contribution in [0.5, 0.6) is 0 Å². The smallest absolute Gasteiger partial charge is 0.308 e. The summed E-state index contributed by atoms with van der Waals surface area (Å²) >= 11 is 6.04. The second kappa shape index (κ2) is 5.25. The summed E-state index contributed by atoms with van der Waals surface area (Å²) in [6, 6.07) is 5.47. The lowest BCUT2D eigenvalue weighted by Crippen LogP contribution is -2.39. The predicted molar refractivity (Wildman–Crippen MR) is 77.1 cm³/mol. The summed E-state index contributed by atoms with van der Waals surface area (Å²) in [5.41, 5.74) is 0.817. The molecule has 1 aliphatic heterocycles. The van der Waals surface area contributed by atoms with Gasteiger partial charge in [0.25, 0.3) is 0 Å². The number of hydrogen-bond acceptors (Lipinski definition) is 4. The van der Waals surface area contributed by atoms with E-state index in [-0.39, 0.29) is 5.92 Å². The molecule has 0 aliphatic carbocycles. The van der Waals surface area contributed by atoms with Crippen LogP contribution in [-0.4, -0.2) is 34.1 Å². The Morgan fingerprint density at radius 1 is 1.40 bits per heavy atom. The van der Waals surface area contributed by atoms with E-state index in [9.17, 15) is 9.90 Å². The molecular weight excluding hydrogens is 278 g/mol. The van der Waals surface area contributed by atoms with Crippen molar-refractivity contribution in [2.45, 2.75) is 12.8 Å². The number of carboxylic acid groups (broad SMARTS) is 1. The van der Waals surface area contributed by atoms with Gasteiger partial charge in [-0.05, 0) is 31.0 Å². The van der Waals surface area contributed by atoms with Crippen molar-refractivity contribution in [2.75, 3.05) is 18.0 Å². The van der Waals surface area contributed by atoms with E-state index in [0.717, 1.165) is 36.1 Å². The SMILES string of the molecule is O=C(O)C1CCCN(c2ncnc3ccc(Cl)cc23)C1. The largest absolute Gasteiger partial charge is 0.481 e. The molecule has 5 nitrogen and oxygen atoms in total. The molecule has 3 rings (SSSR count). The van der Waals surface area contributed by atoms with E-state index in [1.165, 1.54) is 6.33 Å². The molecule has 2 aromatic rings. The van der Waals surface area contributed by atoms with Crippen LogP contribution >= 0.6 is 11.6 Å². The third kappa shape index (κ3) is 2.41. The zero-order valence-corrected chi connectivity index (χ0v) is 11.5. The molecule has 1 aliphatic rings. The molecule has 20 heavy (non-hydrogen) atoms. The van der Waals surface area contributed by atoms with E-state index < -0.39 is 5.97 Å². The normalized spacial score (nSPS) is 19.2. The number of nitrogens with zero attached hydrogens (tertiary/aromatic N) is 3. The average Bonchev–Trinajstić information content (AvgIpc) is 2.46. The topological polar surface area (TPSA) is 66.3 Å². The lowest BCUT2D eigenvalue weighted by Gasteiger charge is -2.32. The Balaban J connectivity index is 2.01. The number of anilines is 1. The number of hydrogen-bond donors (Lipinski definition) is 1. The molecule has 0 amide bonds. The van der Waals surface area contributed by atoms with Crippen LogP contribution in [0.15, 0.2) is 24.5 Å². The van der Waals surface area contributed by atoms with Gasteiger partial charge in [-0.3, -0.25) is 4.79 Å². The highest BCUT2D eigenvalue weighted by molar-refractivity contribution is 6.31. The van der Waals surface area contributed by atoms with E-state index in [0.29, 0.717) is 11.6 Å². The first-order chi connectivity index (χ1) is 9.65. The number of fused-ring (bicyclic) bond motifs is 1. The Hall–Kier alpha value is -1.88. The summed E-state index contributed by atoms with van der Waals surface area (Å²) in [7, 11) is 0. The third-order valence-electron chi connectivity index (χ3n) is 3.65. The maximum Gasteiger partial charge on any atom is 0.308 e. The van der Waals surface area contributed by atoms with Gasteiger partial charge in [-0.2, -0.15) is 0 Å². The fourth-order valence-electron chi connectivity index (χ4n) is 2.64. The van der Waals surface area contributed by atoms with E-state index in [2.05, 4.69) is 9.97 Å². The van der Waals surface area contributed by atoms with Gasteiger partial charge < -0.3 is 10.0 Å². The number of aliphatic carboxylic acids is 1. The van der Waals surface area contributed by atoms with Crippen molar-refractivity contribution in [3.05, 3.63) is 29.5 Å². The fourth-order valence-corrected chi connectivity index (χ4v) is 2.81. The Morgan fingerprint density at radius 2 is 2.25 bits per heavy atom. The van der Waals surface area contributed by atoms with Crippen molar-refractivity contribution in [3.63, 3.8) is 0 Å². The quantitative estimate of drug-likeness (QED) is 0.921. The first-order valence-corrected chi connectivity index (χ1v) is 6.91. The van der Waals surface area contributed by atoms with Crippen molar-refractivity contribution < 1.29 is 9.90 Å². The van der Waals surface area contributed by atoms with Crippen LogP contribution in [0, 0.1) is 5.92 Å². The van der Waals surface area contributed by atoms with Crippen LogP contribution in [0.3, 0.4) is 0 Å². The summed E-state index contributed by atoms with van der Waals surface area (Å²) < 4.78 is 0. The van der Waals surface area contributed by atoms with Crippen LogP contribution in [0.2, 0.25) is 5.02 Å². The molecule has 104 valence electrons. The Labute approximate surface area is 121 Å². The average molecular weight is 292 g/mol. The van der Waals surface area contributed by atoms with Crippen molar-refractivity contribution >= 4 is 34.3 Å². The maximum atomic E-state index is 11.2. The summed E-state index contributed by atoms with van der Waals surface area (Å²) in [5, 5.41) is 10.7. The first-order valence-electron chi connectivity index (χ1n) is 6.53. The van der Waals surface area contributed by atoms with E-state index in [1.54, 1.807) is 6.07 Å². The van der Waals surface area contributed by atoms with Gasteiger partial charge in [0.05, 0.1) is 11.4 Å². The number of carboxylic acids is 1. The highest BCUT2D eigenvalue weighted by atomic mass is 35.5. The number of piperidine rings is 1. The molecule has 0 spiro atoms. The summed E-state index contributed by atoms with van der Waals surface area (Å²) in [6.45, 7) is 1.29. The fraction of sp³-hybridized carbons (Fsp3) is 0.357. The molecule has 1 unspecified atom stereocenters. The summed E-state index contributed by atoms with van der Waals surface area (Å²) in [4.78, 5) is 21.7. The van der Waals surface area contributed by atoms with Gasteiger partial charge in [-0.25, -0.2) is 9.97 Å². The van der Waals surface area contributed by atoms with Crippen LogP contribution in [0.1, 0.15) is 12.8 Å². The molecular formula is C14H14ClN3O2. The molecule has 1 aromatic heterocycles. The first kappa shape index (κ1) is 13.1. The molecule has 0 bridgehead atoms. The van der Waals surface area contributed by atoms with Gasteiger partial charge in [0.1, 0.15) is 12.1 Å². The number of rotatable bonds is 2. The predicted octanol–water partition coefficient (Wildman–Crippen LogP) is 2.58. The van der Waals surface area contributed by atoms with Crippen molar-refractivity contribution in [2.24, 2.45) is 5.92 Å². The lowest BCUT2D eigenvalue weighted by atomic mass is 9.98. The highest BCUT2D eigenvalue weighted by Gasteiger charge is 2.27. The minimum atomic E-state index is -0.744. The van der Waals surface area contributed by atoms with Crippen molar-refractivity contribution in [1.29, 1.82) is 0 Å². The molecule has 2 heterocycles. The molecule has 1 fully saturated rings. The molecule has 0 saturated carbocycles. The standard InChI is InChI=1S/C14H14ClN3O2/c15-10-3-4-12-11(6-10)13(17-8-16-12)18-5-1-2-9(7-18)14(19)20/h3-4,6,8-9H,1-2,5,7H2,(H,19,20). The van der Waals surface area contributed by atoms with Crippen LogP contribution in [-0.2, 0) is 4.79 Å². The van der Waals surface area contributed by atoms with Gasteiger partial charge in [-0.15, -0.1) is 0 Å². The third-order valence-corrected chi connectivity index (χ3v) is 3.88. The highest BCUT2D eigenvalue weighted by Crippen LogP contribution is 2.29. The summed E-state index contributed by atoms with van der Waals surface area (Å²) in [6.07, 6.45) is 3.08. The molecule has 1 saturated heterocycles. The second-order valence-corrected chi connectivity index (χ2v) is 5.42. The van der Waals surface area contributed by atoms with Crippen LogP contribution < -0.4 is 4.90 Å². The minimum absolute atomic E-state index is 0.340. The van der Waals surface area contributed by atoms with Crippen LogP contribution in [0.4, 0.5) is 5.82 Å². The number of carbonyl (C=O) groups is 1. The van der Waals surface area contributed by atoms with Gasteiger partial charge in [0.2, 0.25) is 0 Å². The minimum Gasteiger partial charge on any atom is -0.481 e. The van der Waals surface area contributed by atoms with E-state index >= 15 is 0 Å². The van der Waals surface area contributed by atoms with Crippen molar-refractivity contribution in [3.8, 4) is 0 Å². The Bertz CT molecular complexity index is 662. The number of halogens is 1. The molecule has 6 heteroatoms. The van der Waals surface area contributed by atoms with Crippen LogP contribution in [0.25, 0.3) is 10.9 Å². The molecule has 1 aromatic carbocycles. The molecule has 0 radical (unpaired) electrons. The van der Waals surface area contributed by atoms with E-state index in [1.807, 2.05) is 17.0 Å². The number of aromatic nitrogens is 2. The van der Waals surface area contributed by atoms with Gasteiger partial charge >= 0.3 is 5.97 Å². The lowest BCUT2D eigenvalue weighted by molar-refractivity contribution is -0.141. The van der Waals surface area contributed by atoms with E-state index in [4.69, 9.17) is 11.6 Å². The van der Waals surface area contributed by atoms with Gasteiger partial charge in [0.15, 0.2) is 0 Å². The van der Waals surface area contributed by atoms with Gasteiger partial charge in [0, 0.05) is 23.5 Å². The summed E-state index contributed by atoms with van der Waals surface area (Å²) in [5.74, 6) is -0.317.